The lowest BCUT2D eigenvalue weighted by molar-refractivity contribution is 0.866. The number of anilines is 3. The Labute approximate surface area is 189 Å². The molecule has 5 heteroatoms. The molecular weight excluding hydrogens is 400 g/mol. The van der Waals surface area contributed by atoms with Crippen molar-refractivity contribution in [2.75, 3.05) is 23.3 Å². The normalized spacial score (nSPS) is 11.3. The molecule has 31 heavy (non-hydrogen) atoms. The highest BCUT2D eigenvalue weighted by atomic mass is 32.1. The van der Waals surface area contributed by atoms with Crippen LogP contribution in [0.5, 0.6) is 0 Å². The van der Waals surface area contributed by atoms with E-state index in [2.05, 4.69) is 103 Å². The molecule has 0 saturated carbocycles. The summed E-state index contributed by atoms with van der Waals surface area (Å²) in [5, 5.41) is 6.85. The van der Waals surface area contributed by atoms with Gasteiger partial charge in [-0.15, -0.1) is 11.3 Å². The molecule has 4 rings (SSSR count). The fourth-order valence-electron chi connectivity index (χ4n) is 3.93. The molecule has 0 aliphatic heterocycles. The first-order chi connectivity index (χ1) is 15.0. The molecule has 0 fully saturated rings. The minimum absolute atomic E-state index is 0.524. The van der Waals surface area contributed by atoms with Gasteiger partial charge < -0.3 is 10.2 Å². The monoisotopic (exact) mass is 430 g/mol. The summed E-state index contributed by atoms with van der Waals surface area (Å²) in [7, 11) is 0. The lowest BCUT2D eigenvalue weighted by Crippen LogP contribution is -2.21. The standard InChI is InChI=1S/C26H30N4S/c1-6-30(7-2)21-12-13-23(18(5)14-21)29-25-24-22(15-31-26(24)28-16-27-25)20-10-8-19(9-11-20)17(3)4/h8-17H,6-7H2,1-5H3,(H,27,28,29). The van der Waals surface area contributed by atoms with Gasteiger partial charge in [0, 0.05) is 35.4 Å². The molecule has 0 amide bonds. The minimum Gasteiger partial charge on any atom is -0.372 e. The summed E-state index contributed by atoms with van der Waals surface area (Å²) < 4.78 is 0. The van der Waals surface area contributed by atoms with Crippen molar-refractivity contribution in [3.8, 4) is 11.1 Å². The molecule has 0 saturated heterocycles. The average Bonchev–Trinajstić information content (AvgIpc) is 3.21. The van der Waals surface area contributed by atoms with Gasteiger partial charge in [-0.1, -0.05) is 38.1 Å². The molecule has 0 atom stereocenters. The predicted octanol–water partition coefficient (Wildman–Crippen LogP) is 7.38. The summed E-state index contributed by atoms with van der Waals surface area (Å²) in [6.45, 7) is 13.0. The molecule has 0 radical (unpaired) electrons. The van der Waals surface area contributed by atoms with Gasteiger partial charge >= 0.3 is 0 Å². The van der Waals surface area contributed by atoms with Gasteiger partial charge in [-0.25, -0.2) is 9.97 Å². The summed E-state index contributed by atoms with van der Waals surface area (Å²) in [4.78, 5) is 12.5. The van der Waals surface area contributed by atoms with Crippen LogP contribution in [0.1, 0.15) is 44.7 Å². The Morgan fingerprint density at radius 2 is 1.74 bits per heavy atom. The molecule has 4 nitrogen and oxygen atoms in total. The largest absolute Gasteiger partial charge is 0.372 e. The van der Waals surface area contributed by atoms with Gasteiger partial charge in [-0.05, 0) is 61.6 Å². The molecule has 1 N–H and O–H groups in total. The Kier molecular flexibility index (Phi) is 6.23. The van der Waals surface area contributed by atoms with Gasteiger partial charge in [-0.3, -0.25) is 0 Å². The second-order valence-corrected chi connectivity index (χ2v) is 8.98. The molecule has 160 valence electrons. The van der Waals surface area contributed by atoms with Gasteiger partial charge in [0.25, 0.3) is 0 Å². The summed E-state index contributed by atoms with van der Waals surface area (Å²) in [5.41, 5.74) is 7.25. The maximum atomic E-state index is 4.61. The third kappa shape index (κ3) is 4.28. The summed E-state index contributed by atoms with van der Waals surface area (Å²) >= 11 is 1.66. The van der Waals surface area contributed by atoms with Crippen molar-refractivity contribution < 1.29 is 0 Å². The van der Waals surface area contributed by atoms with Crippen LogP contribution in [-0.2, 0) is 0 Å². The van der Waals surface area contributed by atoms with E-state index in [0.717, 1.165) is 34.8 Å². The fourth-order valence-corrected chi connectivity index (χ4v) is 4.85. The average molecular weight is 431 g/mol. The number of rotatable bonds is 7. The van der Waals surface area contributed by atoms with E-state index in [-0.39, 0.29) is 0 Å². The summed E-state index contributed by atoms with van der Waals surface area (Å²) in [6.07, 6.45) is 1.65. The fraction of sp³-hybridized carbons (Fsp3) is 0.308. The summed E-state index contributed by atoms with van der Waals surface area (Å²) in [5.74, 6) is 1.38. The zero-order valence-corrected chi connectivity index (χ0v) is 19.8. The number of nitrogens with zero attached hydrogens (tertiary/aromatic N) is 3. The van der Waals surface area contributed by atoms with Crippen molar-refractivity contribution >= 4 is 38.7 Å². The Balaban J connectivity index is 1.71. The molecule has 2 aromatic carbocycles. The quantitative estimate of drug-likeness (QED) is 0.332. The highest BCUT2D eigenvalue weighted by molar-refractivity contribution is 7.17. The lowest BCUT2D eigenvalue weighted by Gasteiger charge is -2.22. The molecule has 4 aromatic rings. The van der Waals surface area contributed by atoms with Crippen molar-refractivity contribution in [1.82, 2.24) is 9.97 Å². The topological polar surface area (TPSA) is 41.0 Å². The van der Waals surface area contributed by atoms with E-state index in [9.17, 15) is 0 Å². The highest BCUT2D eigenvalue weighted by Crippen LogP contribution is 2.38. The van der Waals surface area contributed by atoms with Crippen molar-refractivity contribution in [1.29, 1.82) is 0 Å². The van der Waals surface area contributed by atoms with Crippen molar-refractivity contribution in [3.63, 3.8) is 0 Å². The van der Waals surface area contributed by atoms with Crippen LogP contribution < -0.4 is 10.2 Å². The van der Waals surface area contributed by atoms with E-state index in [0.29, 0.717) is 5.92 Å². The Bertz CT molecular complexity index is 1170. The second kappa shape index (κ2) is 9.06. The van der Waals surface area contributed by atoms with Gasteiger partial charge in [0.15, 0.2) is 0 Å². The van der Waals surface area contributed by atoms with Crippen LogP contribution in [0.2, 0.25) is 0 Å². The van der Waals surface area contributed by atoms with Crippen LogP contribution in [0.15, 0.2) is 54.2 Å². The van der Waals surface area contributed by atoms with E-state index in [1.54, 1.807) is 17.7 Å². The van der Waals surface area contributed by atoms with E-state index in [1.807, 2.05) is 0 Å². The van der Waals surface area contributed by atoms with Crippen LogP contribution in [-0.4, -0.2) is 23.1 Å². The smallest absolute Gasteiger partial charge is 0.143 e. The first kappa shape index (κ1) is 21.3. The molecule has 2 heterocycles. The SMILES string of the molecule is CCN(CC)c1ccc(Nc2ncnc3scc(-c4ccc(C(C)C)cc4)c23)c(C)c1. The number of hydrogen-bond acceptors (Lipinski definition) is 5. The number of nitrogens with one attached hydrogen (secondary N) is 1. The first-order valence-electron chi connectivity index (χ1n) is 11.0. The Hall–Kier alpha value is -2.92. The highest BCUT2D eigenvalue weighted by Gasteiger charge is 2.15. The molecule has 2 aromatic heterocycles. The third-order valence-corrected chi connectivity index (χ3v) is 6.74. The summed E-state index contributed by atoms with van der Waals surface area (Å²) in [6, 6.07) is 15.4. The second-order valence-electron chi connectivity index (χ2n) is 8.13. The minimum atomic E-state index is 0.524. The van der Waals surface area contributed by atoms with Gasteiger partial charge in [0.1, 0.15) is 17.0 Å². The number of fused-ring (bicyclic) bond motifs is 1. The first-order valence-corrected chi connectivity index (χ1v) is 11.8. The number of hydrogen-bond donors (Lipinski definition) is 1. The van der Waals surface area contributed by atoms with E-state index in [1.165, 1.54) is 27.9 Å². The van der Waals surface area contributed by atoms with E-state index < -0.39 is 0 Å². The number of benzene rings is 2. The third-order valence-electron chi connectivity index (χ3n) is 5.85. The van der Waals surface area contributed by atoms with Gasteiger partial charge in [-0.2, -0.15) is 0 Å². The molecule has 0 aliphatic rings. The molecule has 0 unspecified atom stereocenters. The lowest BCUT2D eigenvalue weighted by atomic mass is 9.99. The van der Waals surface area contributed by atoms with E-state index in [4.69, 9.17) is 0 Å². The zero-order valence-electron chi connectivity index (χ0n) is 18.9. The van der Waals surface area contributed by atoms with Crippen LogP contribution in [0.25, 0.3) is 21.3 Å². The van der Waals surface area contributed by atoms with Crippen LogP contribution in [0.3, 0.4) is 0 Å². The number of thiophene rings is 1. The zero-order chi connectivity index (χ0) is 22.0. The molecule has 0 bridgehead atoms. The number of aromatic nitrogens is 2. The molecule has 0 aliphatic carbocycles. The van der Waals surface area contributed by atoms with Crippen molar-refractivity contribution in [2.24, 2.45) is 0 Å². The van der Waals surface area contributed by atoms with Crippen molar-refractivity contribution in [2.45, 2.75) is 40.5 Å². The predicted molar refractivity (Wildman–Crippen MR) is 135 cm³/mol. The molecule has 0 spiro atoms. The molecular formula is C26H30N4S. The van der Waals surface area contributed by atoms with Gasteiger partial charge in [0.05, 0.1) is 5.39 Å². The van der Waals surface area contributed by atoms with Gasteiger partial charge in [0.2, 0.25) is 0 Å². The Morgan fingerprint density at radius 1 is 1.00 bits per heavy atom. The van der Waals surface area contributed by atoms with Crippen LogP contribution in [0.4, 0.5) is 17.2 Å². The van der Waals surface area contributed by atoms with E-state index >= 15 is 0 Å². The van der Waals surface area contributed by atoms with Crippen LogP contribution in [0, 0.1) is 6.92 Å². The van der Waals surface area contributed by atoms with Crippen LogP contribution >= 0.6 is 11.3 Å². The number of aryl methyl sites for hydroxylation is 1. The maximum Gasteiger partial charge on any atom is 0.143 e. The maximum absolute atomic E-state index is 4.61. The Morgan fingerprint density at radius 3 is 2.39 bits per heavy atom. The van der Waals surface area contributed by atoms with Crippen molar-refractivity contribution in [3.05, 3.63) is 65.3 Å².